The van der Waals surface area contributed by atoms with Gasteiger partial charge in [-0.05, 0) is 30.3 Å². The third-order valence-corrected chi connectivity index (χ3v) is 3.61. The second-order valence-corrected chi connectivity index (χ2v) is 5.41. The van der Waals surface area contributed by atoms with Gasteiger partial charge in [0.15, 0.2) is 0 Å². The van der Waals surface area contributed by atoms with Gasteiger partial charge in [-0.2, -0.15) is 8.42 Å². The lowest BCUT2D eigenvalue weighted by molar-refractivity contribution is 0.483. The maximum Gasteiger partial charge on any atom is 0.294 e. The Morgan fingerprint density at radius 1 is 1.00 bits per heavy atom. The summed E-state index contributed by atoms with van der Waals surface area (Å²) in [6, 6.07) is 9.31. The molecule has 0 radical (unpaired) electrons. The molecule has 0 saturated heterocycles. The molecule has 6 heteroatoms. The zero-order valence-corrected chi connectivity index (χ0v) is 9.94. The lowest BCUT2D eigenvalue weighted by atomic mass is 10.1. The predicted octanol–water partition coefficient (Wildman–Crippen LogP) is 2.41. The van der Waals surface area contributed by atoms with Gasteiger partial charge < -0.3 is 10.2 Å². The van der Waals surface area contributed by atoms with Crippen LogP contribution in [0.25, 0.3) is 21.9 Å². The maximum absolute atomic E-state index is 11.1. The van der Waals surface area contributed by atoms with Crippen LogP contribution in [0.15, 0.2) is 45.7 Å². The summed E-state index contributed by atoms with van der Waals surface area (Å²) in [6.07, 6.45) is 0. The molecule has 3 N–H and O–H groups in total. The van der Waals surface area contributed by atoms with Gasteiger partial charge in [-0.3, -0.25) is 4.55 Å². The van der Waals surface area contributed by atoms with E-state index < -0.39 is 10.1 Å². The van der Waals surface area contributed by atoms with Crippen LogP contribution in [0.1, 0.15) is 0 Å². The van der Waals surface area contributed by atoms with Crippen molar-refractivity contribution in [2.75, 3.05) is 5.73 Å². The third kappa shape index (κ3) is 1.62. The third-order valence-electron chi connectivity index (χ3n) is 2.76. The van der Waals surface area contributed by atoms with Gasteiger partial charge in [-0.1, -0.05) is 0 Å². The van der Waals surface area contributed by atoms with Crippen LogP contribution in [0.4, 0.5) is 5.69 Å². The molecule has 0 spiro atoms. The van der Waals surface area contributed by atoms with E-state index in [0.717, 1.165) is 5.39 Å². The summed E-state index contributed by atoms with van der Waals surface area (Å²) in [5, 5.41) is 1.38. The number of nitrogen functional groups attached to an aromatic ring is 1. The lowest BCUT2D eigenvalue weighted by Gasteiger charge is -1.96. The number of fused-ring (bicyclic) bond motifs is 3. The molecule has 0 aliphatic rings. The summed E-state index contributed by atoms with van der Waals surface area (Å²) >= 11 is 0. The number of rotatable bonds is 1. The number of nitrogens with two attached hydrogens (primary N) is 1. The zero-order chi connectivity index (χ0) is 12.9. The van der Waals surface area contributed by atoms with Crippen molar-refractivity contribution < 1.29 is 17.4 Å². The molecule has 0 amide bonds. The molecule has 2 aromatic carbocycles. The van der Waals surface area contributed by atoms with Gasteiger partial charge in [-0.25, -0.2) is 0 Å². The molecular weight excluding hydrogens is 254 g/mol. The van der Waals surface area contributed by atoms with E-state index in [1.54, 1.807) is 18.2 Å². The molecule has 92 valence electrons. The van der Waals surface area contributed by atoms with Crippen molar-refractivity contribution in [3.8, 4) is 0 Å². The summed E-state index contributed by atoms with van der Waals surface area (Å²) in [7, 11) is -4.22. The van der Waals surface area contributed by atoms with Crippen LogP contribution < -0.4 is 5.73 Å². The summed E-state index contributed by atoms with van der Waals surface area (Å²) in [5.74, 6) is 0. The highest BCUT2D eigenvalue weighted by atomic mass is 32.2. The molecule has 0 atom stereocenters. The molecule has 18 heavy (non-hydrogen) atoms. The Morgan fingerprint density at radius 3 is 2.50 bits per heavy atom. The minimum Gasteiger partial charge on any atom is -0.456 e. The number of benzene rings is 2. The molecule has 0 saturated carbocycles. The number of hydrogen-bond acceptors (Lipinski definition) is 4. The fourth-order valence-corrected chi connectivity index (χ4v) is 2.44. The maximum atomic E-state index is 11.1. The van der Waals surface area contributed by atoms with Crippen molar-refractivity contribution in [1.29, 1.82) is 0 Å². The van der Waals surface area contributed by atoms with E-state index in [0.29, 0.717) is 22.2 Å². The Hall–Kier alpha value is -2.05. The normalized spacial score (nSPS) is 12.3. The van der Waals surface area contributed by atoms with Gasteiger partial charge in [0.25, 0.3) is 10.1 Å². The SMILES string of the molecule is Nc1ccc2c(c1)oc1ccc(S(=O)(=O)O)cc12. The van der Waals surface area contributed by atoms with E-state index in [-0.39, 0.29) is 4.90 Å². The van der Waals surface area contributed by atoms with Gasteiger partial charge >= 0.3 is 0 Å². The Balaban J connectivity index is 2.43. The first-order valence-corrected chi connectivity index (χ1v) is 6.58. The zero-order valence-electron chi connectivity index (χ0n) is 9.12. The quantitative estimate of drug-likeness (QED) is 0.519. The Bertz CT molecular complexity index is 864. The molecule has 1 heterocycles. The van der Waals surface area contributed by atoms with Gasteiger partial charge in [-0.15, -0.1) is 0 Å². The minimum absolute atomic E-state index is 0.158. The second-order valence-electron chi connectivity index (χ2n) is 3.99. The largest absolute Gasteiger partial charge is 0.456 e. The molecule has 5 nitrogen and oxygen atoms in total. The second kappa shape index (κ2) is 3.47. The van der Waals surface area contributed by atoms with Gasteiger partial charge in [0.2, 0.25) is 0 Å². The lowest BCUT2D eigenvalue weighted by Crippen LogP contribution is -1.96. The van der Waals surface area contributed by atoms with Crippen molar-refractivity contribution in [2.24, 2.45) is 0 Å². The smallest absolute Gasteiger partial charge is 0.294 e. The van der Waals surface area contributed by atoms with Crippen LogP contribution in [0.2, 0.25) is 0 Å². The molecule has 0 fully saturated rings. The van der Waals surface area contributed by atoms with Crippen LogP contribution in [-0.4, -0.2) is 13.0 Å². The van der Waals surface area contributed by atoms with Crippen LogP contribution in [0, 0.1) is 0 Å². The molecular formula is C12H9NO4S. The Labute approximate surface area is 103 Å². The van der Waals surface area contributed by atoms with E-state index in [1.165, 1.54) is 18.2 Å². The molecule has 0 unspecified atom stereocenters. The molecule has 0 bridgehead atoms. The van der Waals surface area contributed by atoms with Crippen molar-refractivity contribution in [3.05, 3.63) is 36.4 Å². The average molecular weight is 263 g/mol. The van der Waals surface area contributed by atoms with Gasteiger partial charge in [0, 0.05) is 22.5 Å². The molecule has 3 aromatic rings. The first kappa shape index (κ1) is 11.1. The number of hydrogen-bond donors (Lipinski definition) is 2. The van der Waals surface area contributed by atoms with Crippen LogP contribution in [-0.2, 0) is 10.1 Å². The number of furan rings is 1. The summed E-state index contributed by atoms with van der Waals surface area (Å²) in [6.45, 7) is 0. The predicted molar refractivity (Wildman–Crippen MR) is 67.9 cm³/mol. The number of anilines is 1. The average Bonchev–Trinajstić information content (AvgIpc) is 2.63. The van der Waals surface area contributed by atoms with E-state index >= 15 is 0 Å². The monoisotopic (exact) mass is 263 g/mol. The molecule has 0 aliphatic heterocycles. The molecule has 3 rings (SSSR count). The van der Waals surface area contributed by atoms with Crippen LogP contribution in [0.3, 0.4) is 0 Å². The highest BCUT2D eigenvalue weighted by Crippen LogP contribution is 2.31. The summed E-state index contributed by atoms with van der Waals surface area (Å²) in [5.41, 5.74) is 7.34. The fraction of sp³-hybridized carbons (Fsp3) is 0. The van der Waals surface area contributed by atoms with Gasteiger partial charge in [0.1, 0.15) is 11.2 Å². The van der Waals surface area contributed by atoms with Crippen LogP contribution in [0.5, 0.6) is 0 Å². The van der Waals surface area contributed by atoms with Crippen molar-refractivity contribution in [2.45, 2.75) is 4.90 Å². The van der Waals surface area contributed by atoms with Crippen molar-refractivity contribution in [1.82, 2.24) is 0 Å². The summed E-state index contributed by atoms with van der Waals surface area (Å²) in [4.78, 5) is -0.158. The van der Waals surface area contributed by atoms with Crippen molar-refractivity contribution >= 4 is 37.7 Å². The van der Waals surface area contributed by atoms with E-state index in [4.69, 9.17) is 14.7 Å². The molecule has 1 aromatic heterocycles. The van der Waals surface area contributed by atoms with Crippen LogP contribution >= 0.6 is 0 Å². The van der Waals surface area contributed by atoms with E-state index in [2.05, 4.69) is 0 Å². The van der Waals surface area contributed by atoms with E-state index in [1.807, 2.05) is 0 Å². The summed E-state index contributed by atoms with van der Waals surface area (Å²) < 4.78 is 36.8. The minimum atomic E-state index is -4.22. The molecule has 0 aliphatic carbocycles. The first-order chi connectivity index (χ1) is 8.45. The fourth-order valence-electron chi connectivity index (χ4n) is 1.93. The topological polar surface area (TPSA) is 93.5 Å². The highest BCUT2D eigenvalue weighted by molar-refractivity contribution is 7.85. The Kier molecular flexibility index (Phi) is 2.13. The van der Waals surface area contributed by atoms with Crippen molar-refractivity contribution in [3.63, 3.8) is 0 Å². The van der Waals surface area contributed by atoms with E-state index in [9.17, 15) is 8.42 Å². The standard InChI is InChI=1S/C12H9NO4S/c13-7-1-3-9-10-6-8(18(14,15)16)2-4-11(10)17-12(9)5-7/h1-6H,13H2,(H,14,15,16). The van der Waals surface area contributed by atoms with Gasteiger partial charge in [0.05, 0.1) is 4.90 Å². The first-order valence-electron chi connectivity index (χ1n) is 5.14. The Morgan fingerprint density at radius 2 is 1.78 bits per heavy atom. The highest BCUT2D eigenvalue weighted by Gasteiger charge is 2.13.